The summed E-state index contributed by atoms with van der Waals surface area (Å²) in [7, 11) is 0. The van der Waals surface area contributed by atoms with Crippen LogP contribution >= 0.6 is 0 Å². The first-order chi connectivity index (χ1) is 10.1. The van der Waals surface area contributed by atoms with Gasteiger partial charge in [0.15, 0.2) is 5.78 Å². The number of hydrogen-bond acceptors (Lipinski definition) is 2. The minimum Gasteiger partial charge on any atom is -0.398 e. The van der Waals surface area contributed by atoms with Crippen LogP contribution in [-0.4, -0.2) is 5.78 Å². The number of hydrogen-bond donors (Lipinski definition) is 1. The molecule has 0 fully saturated rings. The number of fused-ring (bicyclic) bond motifs is 1. The van der Waals surface area contributed by atoms with Gasteiger partial charge in [0.2, 0.25) is 0 Å². The Balaban J connectivity index is 1.93. The molecule has 0 amide bonds. The number of nitrogen functional groups attached to an aromatic ring is 1. The highest BCUT2D eigenvalue weighted by molar-refractivity contribution is 6.05. The minimum atomic E-state index is -0.309. The van der Waals surface area contributed by atoms with Gasteiger partial charge in [-0.3, -0.25) is 4.79 Å². The molecule has 0 aliphatic carbocycles. The first-order valence-corrected chi connectivity index (χ1v) is 6.69. The summed E-state index contributed by atoms with van der Waals surface area (Å²) in [6.45, 7) is 0. The Bertz CT molecular complexity index is 809. The van der Waals surface area contributed by atoms with Crippen LogP contribution < -0.4 is 5.73 Å². The maximum absolute atomic E-state index is 12.9. The first-order valence-electron chi connectivity index (χ1n) is 6.69. The van der Waals surface area contributed by atoms with Crippen LogP contribution in [0.5, 0.6) is 0 Å². The third-order valence-electron chi connectivity index (χ3n) is 3.50. The van der Waals surface area contributed by atoms with E-state index in [1.165, 1.54) is 12.1 Å². The van der Waals surface area contributed by atoms with Gasteiger partial charge in [0.05, 0.1) is 0 Å². The zero-order chi connectivity index (χ0) is 14.8. The lowest BCUT2D eigenvalue weighted by Crippen LogP contribution is -2.07. The van der Waals surface area contributed by atoms with Gasteiger partial charge in [0.1, 0.15) is 5.82 Å². The standard InChI is InChI=1S/C18H14FNO/c19-15-7-5-12(6-8-15)9-18(21)16-10-13-3-1-2-4-14(13)11-17(16)20/h1-8,10-11H,9,20H2. The fourth-order valence-electron chi connectivity index (χ4n) is 2.38. The van der Waals surface area contributed by atoms with E-state index in [1.807, 2.05) is 36.4 Å². The van der Waals surface area contributed by atoms with E-state index in [9.17, 15) is 9.18 Å². The Hall–Kier alpha value is -2.68. The predicted octanol–water partition coefficient (Wildman–Crippen LogP) is 3.99. The Kier molecular flexibility index (Phi) is 3.40. The van der Waals surface area contributed by atoms with Gasteiger partial charge >= 0.3 is 0 Å². The summed E-state index contributed by atoms with van der Waals surface area (Å²) in [6, 6.07) is 17.3. The van der Waals surface area contributed by atoms with E-state index in [2.05, 4.69) is 0 Å². The Morgan fingerprint density at radius 2 is 1.57 bits per heavy atom. The number of carbonyl (C=O) groups excluding carboxylic acids is 1. The molecule has 0 atom stereocenters. The lowest BCUT2D eigenvalue weighted by atomic mass is 9.98. The van der Waals surface area contributed by atoms with Crippen molar-refractivity contribution in [3.05, 3.63) is 77.6 Å². The van der Waals surface area contributed by atoms with E-state index in [0.717, 1.165) is 16.3 Å². The van der Waals surface area contributed by atoms with Crippen molar-refractivity contribution >= 4 is 22.2 Å². The molecule has 0 saturated heterocycles. The van der Waals surface area contributed by atoms with Crippen LogP contribution in [0.4, 0.5) is 10.1 Å². The highest BCUT2D eigenvalue weighted by Gasteiger charge is 2.12. The third kappa shape index (κ3) is 2.77. The molecule has 0 unspecified atom stereocenters. The molecule has 3 heteroatoms. The van der Waals surface area contributed by atoms with Crippen molar-refractivity contribution < 1.29 is 9.18 Å². The summed E-state index contributed by atoms with van der Waals surface area (Å²) < 4.78 is 12.9. The van der Waals surface area contributed by atoms with Gasteiger partial charge in [-0.05, 0) is 40.6 Å². The number of anilines is 1. The maximum atomic E-state index is 12.9. The molecule has 0 aliphatic heterocycles. The van der Waals surface area contributed by atoms with E-state index >= 15 is 0 Å². The van der Waals surface area contributed by atoms with Gasteiger partial charge in [-0.15, -0.1) is 0 Å². The van der Waals surface area contributed by atoms with Gasteiger partial charge < -0.3 is 5.73 Å². The van der Waals surface area contributed by atoms with E-state index in [1.54, 1.807) is 12.1 Å². The molecule has 2 nitrogen and oxygen atoms in total. The third-order valence-corrected chi connectivity index (χ3v) is 3.50. The maximum Gasteiger partial charge on any atom is 0.169 e. The summed E-state index contributed by atoms with van der Waals surface area (Å²) in [6.07, 6.45) is 0.211. The molecule has 21 heavy (non-hydrogen) atoms. The summed E-state index contributed by atoms with van der Waals surface area (Å²) in [4.78, 5) is 12.4. The molecule has 3 aromatic carbocycles. The molecule has 0 saturated carbocycles. The minimum absolute atomic E-state index is 0.0649. The predicted molar refractivity (Wildman–Crippen MR) is 82.8 cm³/mol. The zero-order valence-corrected chi connectivity index (χ0v) is 11.3. The Morgan fingerprint density at radius 3 is 2.24 bits per heavy atom. The van der Waals surface area contributed by atoms with Crippen LogP contribution in [0.3, 0.4) is 0 Å². The molecule has 0 aliphatic rings. The average Bonchev–Trinajstić information content (AvgIpc) is 2.49. The van der Waals surface area contributed by atoms with Crippen molar-refractivity contribution in [2.45, 2.75) is 6.42 Å². The van der Waals surface area contributed by atoms with E-state index in [4.69, 9.17) is 5.73 Å². The largest absolute Gasteiger partial charge is 0.398 e. The fourth-order valence-corrected chi connectivity index (χ4v) is 2.38. The molecule has 104 valence electrons. The molecule has 3 aromatic rings. The second-order valence-electron chi connectivity index (χ2n) is 5.01. The van der Waals surface area contributed by atoms with E-state index in [0.29, 0.717) is 11.3 Å². The van der Waals surface area contributed by atoms with Gasteiger partial charge in [-0.2, -0.15) is 0 Å². The molecule has 0 radical (unpaired) electrons. The Labute approximate surface area is 122 Å². The van der Waals surface area contributed by atoms with Crippen LogP contribution in [0.15, 0.2) is 60.7 Å². The molecule has 0 aromatic heterocycles. The fraction of sp³-hybridized carbons (Fsp3) is 0.0556. The first kappa shape index (κ1) is 13.3. The van der Waals surface area contributed by atoms with Crippen LogP contribution in [-0.2, 0) is 6.42 Å². The highest BCUT2D eigenvalue weighted by atomic mass is 19.1. The number of nitrogens with two attached hydrogens (primary N) is 1. The number of Topliss-reactive ketones (excluding diaryl/α,β-unsaturated/α-hetero) is 1. The number of benzene rings is 3. The second kappa shape index (κ2) is 5.37. The molecule has 2 N–H and O–H groups in total. The topological polar surface area (TPSA) is 43.1 Å². The average molecular weight is 279 g/mol. The van der Waals surface area contributed by atoms with Crippen molar-refractivity contribution in [2.75, 3.05) is 5.73 Å². The number of ketones is 1. The molecule has 0 bridgehead atoms. The van der Waals surface area contributed by atoms with E-state index in [-0.39, 0.29) is 18.0 Å². The van der Waals surface area contributed by atoms with Crippen molar-refractivity contribution in [2.24, 2.45) is 0 Å². The monoisotopic (exact) mass is 279 g/mol. The summed E-state index contributed by atoms with van der Waals surface area (Å²) in [5.74, 6) is -0.374. The van der Waals surface area contributed by atoms with Crippen LogP contribution in [0.25, 0.3) is 10.8 Å². The number of halogens is 1. The van der Waals surface area contributed by atoms with Gasteiger partial charge in [-0.25, -0.2) is 4.39 Å². The summed E-state index contributed by atoms with van der Waals surface area (Å²) in [5.41, 5.74) is 7.74. The molecule has 0 heterocycles. The SMILES string of the molecule is Nc1cc2ccccc2cc1C(=O)Cc1ccc(F)cc1. The smallest absolute Gasteiger partial charge is 0.169 e. The lowest BCUT2D eigenvalue weighted by Gasteiger charge is -2.07. The molecular formula is C18H14FNO. The lowest BCUT2D eigenvalue weighted by molar-refractivity contribution is 0.0994. The van der Waals surface area contributed by atoms with Crippen LogP contribution in [0.2, 0.25) is 0 Å². The highest BCUT2D eigenvalue weighted by Crippen LogP contribution is 2.23. The Morgan fingerprint density at radius 1 is 0.952 bits per heavy atom. The normalized spacial score (nSPS) is 10.7. The van der Waals surface area contributed by atoms with Gasteiger partial charge in [0.25, 0.3) is 0 Å². The molecular weight excluding hydrogens is 265 g/mol. The quantitative estimate of drug-likeness (QED) is 0.582. The van der Waals surface area contributed by atoms with Crippen molar-refractivity contribution in [1.29, 1.82) is 0 Å². The summed E-state index contributed by atoms with van der Waals surface area (Å²) >= 11 is 0. The summed E-state index contributed by atoms with van der Waals surface area (Å²) in [5, 5.41) is 1.99. The second-order valence-corrected chi connectivity index (χ2v) is 5.01. The number of rotatable bonds is 3. The molecule has 3 rings (SSSR count). The van der Waals surface area contributed by atoms with Gasteiger partial charge in [0, 0.05) is 17.7 Å². The van der Waals surface area contributed by atoms with E-state index < -0.39 is 0 Å². The van der Waals surface area contributed by atoms with Crippen molar-refractivity contribution in [1.82, 2.24) is 0 Å². The molecule has 0 spiro atoms. The van der Waals surface area contributed by atoms with Crippen molar-refractivity contribution in [3.63, 3.8) is 0 Å². The number of carbonyl (C=O) groups is 1. The zero-order valence-electron chi connectivity index (χ0n) is 11.3. The van der Waals surface area contributed by atoms with Gasteiger partial charge in [-0.1, -0.05) is 36.4 Å². The van der Waals surface area contributed by atoms with Crippen molar-refractivity contribution in [3.8, 4) is 0 Å². The van der Waals surface area contributed by atoms with Crippen LogP contribution in [0, 0.1) is 5.82 Å². The van der Waals surface area contributed by atoms with Crippen LogP contribution in [0.1, 0.15) is 15.9 Å².